The van der Waals surface area contributed by atoms with E-state index in [4.69, 9.17) is 0 Å². The van der Waals surface area contributed by atoms with Crippen molar-refractivity contribution in [2.75, 3.05) is 5.32 Å². The minimum absolute atomic E-state index is 0.106. The van der Waals surface area contributed by atoms with Crippen molar-refractivity contribution in [3.8, 4) is 0 Å². The molecule has 0 saturated heterocycles. The Hall–Kier alpha value is -1.42. The number of nitrogens with one attached hydrogen (secondary N) is 1. The molecule has 1 heterocycles. The second-order valence-electron chi connectivity index (χ2n) is 7.98. The highest BCUT2D eigenvalue weighted by Crippen LogP contribution is 2.58. The summed E-state index contributed by atoms with van der Waals surface area (Å²) in [6.45, 7) is 0. The number of anilines is 1. The number of rotatable bonds is 2. The molecule has 1 aromatic carbocycles. The minimum atomic E-state index is -0.106. The van der Waals surface area contributed by atoms with Crippen molar-refractivity contribution < 1.29 is 4.79 Å². The second-order valence-corrected chi connectivity index (χ2v) is 9.01. The number of fused-ring (bicyclic) bond motifs is 2. The summed E-state index contributed by atoms with van der Waals surface area (Å²) in [4.78, 5) is 17.7. The number of benzene rings is 1. The molecule has 4 heteroatoms. The van der Waals surface area contributed by atoms with E-state index in [-0.39, 0.29) is 11.3 Å². The summed E-state index contributed by atoms with van der Waals surface area (Å²) < 4.78 is 1.14. The fourth-order valence-corrected chi connectivity index (χ4v) is 6.49. The number of aromatic nitrogens is 1. The van der Waals surface area contributed by atoms with E-state index in [2.05, 4.69) is 16.4 Å². The van der Waals surface area contributed by atoms with Crippen LogP contribution in [0, 0.1) is 23.2 Å². The van der Waals surface area contributed by atoms with Crippen LogP contribution in [0.15, 0.2) is 24.3 Å². The lowest BCUT2D eigenvalue weighted by molar-refractivity contribution is -0.132. The monoisotopic (exact) mass is 326 g/mol. The zero-order chi connectivity index (χ0) is 15.4. The molecular formula is C19H22N2OS. The van der Waals surface area contributed by atoms with Gasteiger partial charge in [0.05, 0.1) is 15.6 Å². The van der Waals surface area contributed by atoms with Gasteiger partial charge in [0, 0.05) is 0 Å². The quantitative estimate of drug-likeness (QED) is 0.858. The van der Waals surface area contributed by atoms with Crippen molar-refractivity contribution >= 4 is 32.6 Å². The number of amides is 1. The lowest BCUT2D eigenvalue weighted by Crippen LogP contribution is -2.45. The number of hydrogen-bond acceptors (Lipinski definition) is 3. The highest BCUT2D eigenvalue weighted by molar-refractivity contribution is 7.22. The third-order valence-corrected chi connectivity index (χ3v) is 7.30. The molecule has 4 saturated carbocycles. The van der Waals surface area contributed by atoms with Gasteiger partial charge in [-0.05, 0) is 62.0 Å². The second kappa shape index (κ2) is 5.04. The Balaban J connectivity index is 1.43. The van der Waals surface area contributed by atoms with Crippen molar-refractivity contribution in [1.29, 1.82) is 0 Å². The summed E-state index contributed by atoms with van der Waals surface area (Å²) in [5, 5.41) is 3.95. The Kier molecular flexibility index (Phi) is 3.06. The topological polar surface area (TPSA) is 42.0 Å². The van der Waals surface area contributed by atoms with E-state index in [0.717, 1.165) is 52.4 Å². The maximum Gasteiger partial charge on any atom is 0.232 e. The Morgan fingerprint density at radius 1 is 1.09 bits per heavy atom. The van der Waals surface area contributed by atoms with Crippen LogP contribution in [0.5, 0.6) is 0 Å². The highest BCUT2D eigenvalue weighted by atomic mass is 32.1. The Bertz CT molecular complexity index is 719. The highest BCUT2D eigenvalue weighted by Gasteiger charge is 2.52. The van der Waals surface area contributed by atoms with Gasteiger partial charge in [-0.1, -0.05) is 36.3 Å². The molecular weight excluding hydrogens is 304 g/mol. The molecule has 2 aromatic rings. The van der Waals surface area contributed by atoms with E-state index in [1.165, 1.54) is 25.7 Å². The zero-order valence-electron chi connectivity index (χ0n) is 13.3. The van der Waals surface area contributed by atoms with Crippen LogP contribution in [-0.4, -0.2) is 10.9 Å². The smallest absolute Gasteiger partial charge is 0.232 e. The van der Waals surface area contributed by atoms with Crippen molar-refractivity contribution in [2.45, 2.75) is 44.9 Å². The number of nitrogens with zero attached hydrogens (tertiary/aromatic N) is 1. The Labute approximate surface area is 140 Å². The predicted molar refractivity (Wildman–Crippen MR) is 93.5 cm³/mol. The van der Waals surface area contributed by atoms with Gasteiger partial charge in [0.15, 0.2) is 5.13 Å². The number of carbonyl (C=O) groups excluding carboxylic acids is 1. The van der Waals surface area contributed by atoms with Gasteiger partial charge in [0.2, 0.25) is 5.91 Å². The summed E-state index contributed by atoms with van der Waals surface area (Å²) >= 11 is 1.59. The van der Waals surface area contributed by atoms with Crippen LogP contribution >= 0.6 is 11.3 Å². The van der Waals surface area contributed by atoms with E-state index in [0.29, 0.717) is 0 Å². The van der Waals surface area contributed by atoms with Crippen LogP contribution in [0.2, 0.25) is 0 Å². The largest absolute Gasteiger partial charge is 0.301 e. The summed E-state index contributed by atoms with van der Waals surface area (Å²) in [5.41, 5.74) is 0.876. The van der Waals surface area contributed by atoms with E-state index >= 15 is 0 Å². The molecule has 3 nitrogen and oxygen atoms in total. The number of hydrogen-bond donors (Lipinski definition) is 1. The molecule has 4 bridgehead atoms. The zero-order valence-corrected chi connectivity index (χ0v) is 14.1. The molecule has 4 aliphatic rings. The third kappa shape index (κ3) is 2.30. The van der Waals surface area contributed by atoms with Gasteiger partial charge in [-0.2, -0.15) is 0 Å². The SMILES string of the molecule is O=C(Nc1nc2ccccc2s1)C12CC3CCC(CC(C3)C1)C2. The molecule has 4 fully saturated rings. The van der Waals surface area contributed by atoms with Gasteiger partial charge >= 0.3 is 0 Å². The maximum absolute atomic E-state index is 13.2. The number of thiazole rings is 1. The lowest BCUT2D eigenvalue weighted by Gasteiger charge is -2.46. The molecule has 2 unspecified atom stereocenters. The standard InChI is InChI=1S/C19H22N2OS/c22-17(21-18-20-15-3-1-2-4-16(15)23-18)19-9-12-5-6-13(10-19)8-14(7-12)11-19/h1-4,12-14H,5-11H2,(H,20,21,22). The molecule has 0 spiro atoms. The first-order valence-electron chi connectivity index (χ1n) is 8.87. The van der Waals surface area contributed by atoms with E-state index in [1.807, 2.05) is 18.2 Å². The number of carbonyl (C=O) groups is 1. The van der Waals surface area contributed by atoms with Crippen LogP contribution in [0.1, 0.15) is 44.9 Å². The van der Waals surface area contributed by atoms with Gasteiger partial charge < -0.3 is 5.32 Å². The first-order chi connectivity index (χ1) is 11.2. The normalized spacial score (nSPS) is 35.4. The van der Waals surface area contributed by atoms with Crippen molar-refractivity contribution in [1.82, 2.24) is 4.98 Å². The summed E-state index contributed by atoms with van der Waals surface area (Å²) in [5.74, 6) is 2.60. The van der Waals surface area contributed by atoms with Crippen molar-refractivity contribution in [3.05, 3.63) is 24.3 Å². The van der Waals surface area contributed by atoms with Crippen LogP contribution in [-0.2, 0) is 4.79 Å². The maximum atomic E-state index is 13.2. The summed E-state index contributed by atoms with van der Waals surface area (Å²) in [6, 6.07) is 8.10. The molecule has 2 atom stereocenters. The van der Waals surface area contributed by atoms with Crippen LogP contribution in [0.25, 0.3) is 10.2 Å². The lowest BCUT2D eigenvalue weighted by atomic mass is 9.58. The molecule has 1 aromatic heterocycles. The van der Waals surface area contributed by atoms with Gasteiger partial charge in [0.1, 0.15) is 0 Å². The summed E-state index contributed by atoms with van der Waals surface area (Å²) in [7, 11) is 0. The fraction of sp³-hybridized carbons (Fsp3) is 0.579. The molecule has 23 heavy (non-hydrogen) atoms. The van der Waals surface area contributed by atoms with Gasteiger partial charge in [-0.3, -0.25) is 4.79 Å². The third-order valence-electron chi connectivity index (χ3n) is 6.35. The van der Waals surface area contributed by atoms with Crippen LogP contribution in [0.3, 0.4) is 0 Å². The molecule has 120 valence electrons. The average molecular weight is 326 g/mol. The molecule has 6 rings (SSSR count). The Morgan fingerprint density at radius 3 is 2.52 bits per heavy atom. The van der Waals surface area contributed by atoms with Gasteiger partial charge in [0.25, 0.3) is 0 Å². The Morgan fingerprint density at radius 2 is 1.78 bits per heavy atom. The minimum Gasteiger partial charge on any atom is -0.301 e. The number of para-hydroxylation sites is 1. The van der Waals surface area contributed by atoms with Gasteiger partial charge in [-0.15, -0.1) is 0 Å². The first-order valence-corrected chi connectivity index (χ1v) is 9.69. The van der Waals surface area contributed by atoms with Crippen molar-refractivity contribution in [2.24, 2.45) is 23.2 Å². The van der Waals surface area contributed by atoms with Crippen LogP contribution < -0.4 is 5.32 Å². The molecule has 0 aliphatic heterocycles. The van der Waals surface area contributed by atoms with E-state index in [9.17, 15) is 4.79 Å². The fourth-order valence-electron chi connectivity index (χ4n) is 5.62. The molecule has 1 N–H and O–H groups in total. The molecule has 4 aliphatic carbocycles. The first kappa shape index (κ1) is 14.0. The van der Waals surface area contributed by atoms with Crippen molar-refractivity contribution in [3.63, 3.8) is 0 Å². The van der Waals surface area contributed by atoms with Crippen LogP contribution in [0.4, 0.5) is 5.13 Å². The summed E-state index contributed by atoms with van der Waals surface area (Å²) in [6.07, 6.45) is 8.75. The van der Waals surface area contributed by atoms with Gasteiger partial charge in [-0.25, -0.2) is 4.98 Å². The van der Waals surface area contributed by atoms with E-state index < -0.39 is 0 Å². The van der Waals surface area contributed by atoms with E-state index in [1.54, 1.807) is 11.3 Å². The molecule has 0 radical (unpaired) electrons. The predicted octanol–water partition coefficient (Wildman–Crippen LogP) is 4.84. The molecule has 1 amide bonds. The average Bonchev–Trinajstić information content (AvgIpc) is 2.82.